The number of hydrogen-bond donors (Lipinski definition) is 2. The quantitative estimate of drug-likeness (QED) is 0.687. The number of hydrogen-bond acceptors (Lipinski definition) is 3. The monoisotopic (exact) mass is 350 g/mol. The molecule has 0 spiro atoms. The fourth-order valence-electron chi connectivity index (χ4n) is 2.97. The van der Waals surface area contributed by atoms with Crippen molar-refractivity contribution in [3.63, 3.8) is 0 Å². The lowest BCUT2D eigenvalue weighted by molar-refractivity contribution is -0.141. The number of amides is 1. The highest BCUT2D eigenvalue weighted by atomic mass is 16.5. The Morgan fingerprint density at radius 3 is 2.50 bits per heavy atom. The molecule has 3 aromatic rings. The van der Waals surface area contributed by atoms with E-state index in [1.807, 2.05) is 62.4 Å². The maximum atomic E-state index is 12.8. The van der Waals surface area contributed by atoms with Gasteiger partial charge < -0.3 is 15.0 Å². The molecular weight excluding hydrogens is 328 g/mol. The van der Waals surface area contributed by atoms with Gasteiger partial charge in [-0.05, 0) is 31.0 Å². The summed E-state index contributed by atoms with van der Waals surface area (Å²) in [5, 5.41) is 3.93. The van der Waals surface area contributed by atoms with E-state index in [4.69, 9.17) is 4.74 Å². The van der Waals surface area contributed by atoms with E-state index in [0.29, 0.717) is 5.69 Å². The van der Waals surface area contributed by atoms with Crippen LogP contribution in [0.4, 0.5) is 0 Å². The molecule has 0 aliphatic heterocycles. The lowest BCUT2D eigenvalue weighted by Crippen LogP contribution is -2.30. The number of carbonyl (C=O) groups is 2. The minimum atomic E-state index is -0.456. The van der Waals surface area contributed by atoms with Crippen LogP contribution in [0.3, 0.4) is 0 Å². The molecule has 0 radical (unpaired) electrons. The van der Waals surface area contributed by atoms with Gasteiger partial charge in [0, 0.05) is 10.9 Å². The van der Waals surface area contributed by atoms with Gasteiger partial charge in [0.25, 0.3) is 5.91 Å². The second-order valence-corrected chi connectivity index (χ2v) is 6.44. The summed E-state index contributed by atoms with van der Waals surface area (Å²) in [7, 11) is 1.34. The molecule has 3 rings (SSSR count). The summed E-state index contributed by atoms with van der Waals surface area (Å²) in [6.07, 6.45) is 0.0740. The van der Waals surface area contributed by atoms with E-state index < -0.39 is 6.04 Å². The van der Waals surface area contributed by atoms with Crippen LogP contribution in [0.25, 0.3) is 10.9 Å². The molecule has 2 aromatic carbocycles. The molecule has 0 bridgehead atoms. The van der Waals surface area contributed by atoms with E-state index in [1.54, 1.807) is 0 Å². The highest BCUT2D eigenvalue weighted by Crippen LogP contribution is 2.22. The second-order valence-electron chi connectivity index (χ2n) is 6.44. The average Bonchev–Trinajstić information content (AvgIpc) is 3.07. The van der Waals surface area contributed by atoms with Gasteiger partial charge in [-0.3, -0.25) is 9.59 Å². The number of H-pyrrole nitrogens is 1. The number of aromatic nitrogens is 1. The predicted octanol–water partition coefficient (Wildman–Crippen LogP) is 3.82. The largest absolute Gasteiger partial charge is 0.469 e. The predicted molar refractivity (Wildman–Crippen MR) is 101 cm³/mol. The number of aryl methyl sites for hydroxylation is 2. The van der Waals surface area contributed by atoms with Gasteiger partial charge in [0.05, 0.1) is 19.6 Å². The molecule has 1 amide bonds. The number of aromatic amines is 1. The average molecular weight is 350 g/mol. The summed E-state index contributed by atoms with van der Waals surface area (Å²) in [6.45, 7) is 3.98. The van der Waals surface area contributed by atoms with E-state index in [9.17, 15) is 9.59 Å². The summed E-state index contributed by atoms with van der Waals surface area (Å²) in [6, 6.07) is 15.0. The molecule has 1 heterocycles. The highest BCUT2D eigenvalue weighted by molar-refractivity contribution is 5.99. The minimum Gasteiger partial charge on any atom is -0.469 e. The van der Waals surface area contributed by atoms with E-state index >= 15 is 0 Å². The van der Waals surface area contributed by atoms with E-state index in [2.05, 4.69) is 10.3 Å². The van der Waals surface area contributed by atoms with Crippen LogP contribution < -0.4 is 5.32 Å². The van der Waals surface area contributed by atoms with Crippen molar-refractivity contribution in [3.05, 3.63) is 70.9 Å². The number of ether oxygens (including phenoxy) is 1. The highest BCUT2D eigenvalue weighted by Gasteiger charge is 2.20. The Labute approximate surface area is 152 Å². The van der Waals surface area contributed by atoms with Crippen molar-refractivity contribution < 1.29 is 14.3 Å². The maximum Gasteiger partial charge on any atom is 0.307 e. The standard InChI is InChI=1S/C21H22N2O3/c1-13-7-9-15(10-8-13)17(12-19(24)26-3)23-21(25)18-11-16-6-4-5-14(2)20(16)22-18/h4-11,17,22H,12H2,1-3H3,(H,23,25). The lowest BCUT2D eigenvalue weighted by atomic mass is 10.0. The Balaban J connectivity index is 1.86. The Bertz CT molecular complexity index is 942. The zero-order valence-corrected chi connectivity index (χ0v) is 15.1. The fourth-order valence-corrected chi connectivity index (χ4v) is 2.97. The van der Waals surface area contributed by atoms with Crippen molar-refractivity contribution in [1.29, 1.82) is 0 Å². The Morgan fingerprint density at radius 2 is 1.85 bits per heavy atom. The molecule has 0 fully saturated rings. The van der Waals surface area contributed by atoms with Crippen LogP contribution in [0.15, 0.2) is 48.5 Å². The Hall–Kier alpha value is -3.08. The van der Waals surface area contributed by atoms with Crippen molar-refractivity contribution in [2.75, 3.05) is 7.11 Å². The molecule has 5 heteroatoms. The van der Waals surface area contributed by atoms with Crippen molar-refractivity contribution in [1.82, 2.24) is 10.3 Å². The molecular formula is C21H22N2O3. The first-order valence-electron chi connectivity index (χ1n) is 8.50. The molecule has 1 unspecified atom stereocenters. The number of fused-ring (bicyclic) bond motifs is 1. The van der Waals surface area contributed by atoms with Crippen molar-refractivity contribution in [3.8, 4) is 0 Å². The first-order valence-corrected chi connectivity index (χ1v) is 8.50. The SMILES string of the molecule is COC(=O)CC(NC(=O)c1cc2cccc(C)c2[nH]1)c1ccc(C)cc1. The van der Waals surface area contributed by atoms with Crippen LogP contribution in [-0.2, 0) is 9.53 Å². The van der Waals surface area contributed by atoms with Gasteiger partial charge in [0.1, 0.15) is 5.69 Å². The van der Waals surface area contributed by atoms with E-state index in [0.717, 1.165) is 27.6 Å². The number of para-hydroxylation sites is 1. The summed E-state index contributed by atoms with van der Waals surface area (Å²) < 4.78 is 4.78. The molecule has 0 saturated carbocycles. The molecule has 0 saturated heterocycles. The fraction of sp³-hybridized carbons (Fsp3) is 0.238. The summed E-state index contributed by atoms with van der Waals surface area (Å²) in [5.74, 6) is -0.626. The summed E-state index contributed by atoms with van der Waals surface area (Å²) >= 11 is 0. The minimum absolute atomic E-state index is 0.0740. The number of methoxy groups -OCH3 is 1. The molecule has 2 N–H and O–H groups in total. The van der Waals surface area contributed by atoms with E-state index in [1.165, 1.54) is 7.11 Å². The maximum absolute atomic E-state index is 12.8. The first kappa shape index (κ1) is 17.7. The van der Waals surface area contributed by atoms with Crippen molar-refractivity contribution in [2.24, 2.45) is 0 Å². The molecule has 134 valence electrons. The number of carbonyl (C=O) groups excluding carboxylic acids is 2. The normalized spacial score (nSPS) is 12.0. The second kappa shape index (κ2) is 7.44. The van der Waals surface area contributed by atoms with Gasteiger partial charge in [-0.25, -0.2) is 0 Å². The van der Waals surface area contributed by atoms with E-state index in [-0.39, 0.29) is 18.3 Å². The van der Waals surface area contributed by atoms with Crippen molar-refractivity contribution >= 4 is 22.8 Å². The van der Waals surface area contributed by atoms with Gasteiger partial charge in [-0.15, -0.1) is 0 Å². The zero-order chi connectivity index (χ0) is 18.7. The smallest absolute Gasteiger partial charge is 0.307 e. The van der Waals surface area contributed by atoms with Gasteiger partial charge in [-0.1, -0.05) is 48.0 Å². The third kappa shape index (κ3) is 3.77. The molecule has 1 atom stereocenters. The van der Waals surface area contributed by atoms with Gasteiger partial charge in [0.2, 0.25) is 0 Å². The third-order valence-electron chi connectivity index (χ3n) is 4.49. The summed E-state index contributed by atoms with van der Waals surface area (Å²) in [5.41, 5.74) is 4.46. The lowest BCUT2D eigenvalue weighted by Gasteiger charge is -2.18. The molecule has 26 heavy (non-hydrogen) atoms. The number of nitrogens with one attached hydrogen (secondary N) is 2. The molecule has 0 aliphatic carbocycles. The third-order valence-corrected chi connectivity index (χ3v) is 4.49. The first-order chi connectivity index (χ1) is 12.5. The number of esters is 1. The molecule has 5 nitrogen and oxygen atoms in total. The number of rotatable bonds is 5. The molecule has 1 aromatic heterocycles. The Morgan fingerprint density at radius 1 is 1.12 bits per heavy atom. The van der Waals surface area contributed by atoms with Crippen molar-refractivity contribution in [2.45, 2.75) is 26.3 Å². The van der Waals surface area contributed by atoms with Crippen LogP contribution in [0.2, 0.25) is 0 Å². The van der Waals surface area contributed by atoms with Crippen LogP contribution in [0.1, 0.15) is 39.6 Å². The van der Waals surface area contributed by atoms with Gasteiger partial charge in [0.15, 0.2) is 0 Å². The zero-order valence-electron chi connectivity index (χ0n) is 15.1. The molecule has 0 aliphatic rings. The Kier molecular flexibility index (Phi) is 5.07. The number of benzene rings is 2. The van der Waals surface area contributed by atoms with Gasteiger partial charge in [-0.2, -0.15) is 0 Å². The summed E-state index contributed by atoms with van der Waals surface area (Å²) in [4.78, 5) is 27.7. The van der Waals surface area contributed by atoms with Gasteiger partial charge >= 0.3 is 5.97 Å². The van der Waals surface area contributed by atoms with Crippen LogP contribution in [-0.4, -0.2) is 24.0 Å². The van der Waals surface area contributed by atoms with Crippen LogP contribution in [0, 0.1) is 13.8 Å². The topological polar surface area (TPSA) is 71.2 Å². The van der Waals surface area contributed by atoms with Crippen LogP contribution in [0.5, 0.6) is 0 Å². The van der Waals surface area contributed by atoms with Crippen LogP contribution >= 0.6 is 0 Å².